The summed E-state index contributed by atoms with van der Waals surface area (Å²) in [5, 5.41) is 9.68. The number of halogens is 3. The molecule has 7 nitrogen and oxygen atoms in total. The fourth-order valence-electron chi connectivity index (χ4n) is 5.20. The average molecular weight is 540 g/mol. The van der Waals surface area contributed by atoms with E-state index in [2.05, 4.69) is 11.1 Å². The first-order valence-corrected chi connectivity index (χ1v) is 12.9. The summed E-state index contributed by atoms with van der Waals surface area (Å²) in [5.74, 6) is 0.288. The summed E-state index contributed by atoms with van der Waals surface area (Å²) in [4.78, 5) is 19.1. The fourth-order valence-corrected chi connectivity index (χ4v) is 5.20. The Morgan fingerprint density at radius 1 is 1.21 bits per heavy atom. The van der Waals surface area contributed by atoms with Crippen molar-refractivity contribution in [1.82, 2.24) is 14.5 Å². The van der Waals surface area contributed by atoms with Crippen molar-refractivity contribution in [3.63, 3.8) is 0 Å². The average Bonchev–Trinajstić information content (AvgIpc) is 3.24. The number of rotatable bonds is 8. The molecule has 0 unspecified atom stereocenters. The number of aromatic nitrogens is 2. The Labute approximate surface area is 226 Å². The SMILES string of the molecule is CN1CCCC[C@@](CCC(F)(F)F)(c2cccc(Oc3cc([C@@H](N)Cc4cncn4C)ccc3C#N)c2)C1=O. The van der Waals surface area contributed by atoms with Crippen LogP contribution in [0.3, 0.4) is 0 Å². The number of carbonyl (C=O) groups is 1. The van der Waals surface area contributed by atoms with Gasteiger partial charge in [0.1, 0.15) is 17.6 Å². The molecule has 1 fully saturated rings. The third-order valence-electron chi connectivity index (χ3n) is 7.45. The smallest absolute Gasteiger partial charge is 0.389 e. The number of ether oxygens (including phenoxy) is 1. The molecule has 1 aromatic heterocycles. The van der Waals surface area contributed by atoms with E-state index < -0.39 is 18.0 Å². The highest BCUT2D eigenvalue weighted by atomic mass is 19.4. The summed E-state index contributed by atoms with van der Waals surface area (Å²) in [6, 6.07) is 13.5. The minimum Gasteiger partial charge on any atom is -0.456 e. The van der Waals surface area contributed by atoms with Crippen molar-refractivity contribution >= 4 is 5.91 Å². The first-order chi connectivity index (χ1) is 18.5. The Hall–Kier alpha value is -3.84. The molecule has 2 aromatic carbocycles. The maximum atomic E-state index is 13.5. The fraction of sp³-hybridized carbons (Fsp3) is 0.414. The third kappa shape index (κ3) is 6.42. The maximum Gasteiger partial charge on any atom is 0.389 e. The van der Waals surface area contributed by atoms with Crippen molar-refractivity contribution in [1.29, 1.82) is 5.26 Å². The third-order valence-corrected chi connectivity index (χ3v) is 7.45. The largest absolute Gasteiger partial charge is 0.456 e. The van der Waals surface area contributed by atoms with Crippen LogP contribution in [0.2, 0.25) is 0 Å². The van der Waals surface area contributed by atoms with Crippen LogP contribution in [0.4, 0.5) is 13.2 Å². The highest BCUT2D eigenvalue weighted by Gasteiger charge is 2.45. The zero-order valence-electron chi connectivity index (χ0n) is 22.0. The molecule has 2 N–H and O–H groups in total. The van der Waals surface area contributed by atoms with Crippen LogP contribution in [-0.2, 0) is 23.7 Å². The molecule has 1 amide bonds. The van der Waals surface area contributed by atoms with E-state index in [4.69, 9.17) is 10.5 Å². The molecule has 206 valence electrons. The summed E-state index contributed by atoms with van der Waals surface area (Å²) in [5.41, 5.74) is 7.60. The predicted octanol–water partition coefficient (Wildman–Crippen LogP) is 5.55. The number of nitrogens with zero attached hydrogens (tertiary/aromatic N) is 4. The van der Waals surface area contributed by atoms with Crippen molar-refractivity contribution in [2.45, 2.75) is 56.2 Å². The van der Waals surface area contributed by atoms with Crippen LogP contribution in [0, 0.1) is 11.3 Å². The molecule has 1 aliphatic rings. The zero-order chi connectivity index (χ0) is 28.2. The van der Waals surface area contributed by atoms with Gasteiger partial charge in [-0.05, 0) is 54.7 Å². The molecule has 1 aliphatic heterocycles. The normalized spacial score (nSPS) is 18.9. The molecule has 0 aliphatic carbocycles. The van der Waals surface area contributed by atoms with Crippen molar-refractivity contribution in [3.05, 3.63) is 77.4 Å². The van der Waals surface area contributed by atoms with Crippen LogP contribution in [-0.4, -0.2) is 40.1 Å². The summed E-state index contributed by atoms with van der Waals surface area (Å²) in [6.07, 6.45) is -0.154. The number of amides is 1. The predicted molar refractivity (Wildman–Crippen MR) is 140 cm³/mol. The molecule has 39 heavy (non-hydrogen) atoms. The first-order valence-electron chi connectivity index (χ1n) is 12.9. The second-order valence-electron chi connectivity index (χ2n) is 10.2. The molecular weight excluding hydrogens is 507 g/mol. The van der Waals surface area contributed by atoms with Gasteiger partial charge in [-0.2, -0.15) is 18.4 Å². The van der Waals surface area contributed by atoms with E-state index in [-0.39, 0.29) is 29.7 Å². The molecule has 0 bridgehead atoms. The summed E-state index contributed by atoms with van der Waals surface area (Å²) in [7, 11) is 3.52. The standard InChI is InChI=1S/C29H32F3N5O2/c1-36-13-4-3-10-28(27(36)38,11-12-29(30,31)32)22-6-5-7-24(15-22)39-26-14-20(8-9-21(26)17-33)25(34)16-23-18-35-19-37(23)2/h5-9,14-15,18-19,25H,3-4,10-13,16,34H2,1-2H3/t25-,28+/m0/s1. The number of hydrogen-bond acceptors (Lipinski definition) is 5. The number of carbonyl (C=O) groups excluding carboxylic acids is 1. The van der Waals surface area contributed by atoms with Crippen LogP contribution in [0.25, 0.3) is 0 Å². The number of hydrogen-bond donors (Lipinski definition) is 1. The van der Waals surface area contributed by atoms with Gasteiger partial charge in [-0.3, -0.25) is 4.79 Å². The summed E-state index contributed by atoms with van der Waals surface area (Å²) < 4.78 is 48.0. The van der Waals surface area contributed by atoms with E-state index in [1.165, 1.54) is 4.90 Å². The Morgan fingerprint density at radius 3 is 2.69 bits per heavy atom. The van der Waals surface area contributed by atoms with Crippen molar-refractivity contribution in [3.8, 4) is 17.6 Å². The molecule has 10 heteroatoms. The van der Waals surface area contributed by atoms with Gasteiger partial charge in [0.15, 0.2) is 0 Å². The van der Waals surface area contributed by atoms with Crippen molar-refractivity contribution in [2.75, 3.05) is 13.6 Å². The van der Waals surface area contributed by atoms with Gasteiger partial charge in [-0.15, -0.1) is 0 Å². The molecule has 0 saturated carbocycles. The van der Waals surface area contributed by atoms with Gasteiger partial charge in [-0.25, -0.2) is 4.98 Å². The quantitative estimate of drug-likeness (QED) is 0.405. The summed E-state index contributed by atoms with van der Waals surface area (Å²) >= 11 is 0. The molecular formula is C29H32F3N5O2. The first kappa shape index (κ1) is 28.2. The van der Waals surface area contributed by atoms with Crippen LogP contribution >= 0.6 is 0 Å². The monoisotopic (exact) mass is 539 g/mol. The highest BCUT2D eigenvalue weighted by molar-refractivity contribution is 5.88. The van der Waals surface area contributed by atoms with Crippen LogP contribution in [0.1, 0.15) is 60.5 Å². The van der Waals surface area contributed by atoms with Gasteiger partial charge in [0.25, 0.3) is 0 Å². The molecule has 2 heterocycles. The van der Waals surface area contributed by atoms with E-state index in [0.29, 0.717) is 37.1 Å². The lowest BCUT2D eigenvalue weighted by atomic mass is 9.72. The molecule has 1 saturated heterocycles. The Kier molecular flexibility index (Phi) is 8.31. The number of aryl methyl sites for hydroxylation is 1. The van der Waals surface area contributed by atoms with E-state index >= 15 is 0 Å². The topological polar surface area (TPSA) is 97.2 Å². The number of nitriles is 1. The summed E-state index contributed by atoms with van der Waals surface area (Å²) in [6.45, 7) is 0.500. The zero-order valence-corrected chi connectivity index (χ0v) is 22.0. The Bertz CT molecular complexity index is 1360. The van der Waals surface area contributed by atoms with Gasteiger partial charge >= 0.3 is 6.18 Å². The van der Waals surface area contributed by atoms with E-state index in [9.17, 15) is 23.2 Å². The minimum absolute atomic E-state index is 0.279. The lowest BCUT2D eigenvalue weighted by Crippen LogP contribution is -2.44. The van der Waals surface area contributed by atoms with Gasteiger partial charge in [0.05, 0.1) is 17.3 Å². The number of alkyl halides is 3. The van der Waals surface area contributed by atoms with Crippen LogP contribution in [0.15, 0.2) is 55.0 Å². The molecule has 0 spiro atoms. The lowest BCUT2D eigenvalue weighted by molar-refractivity contribution is -0.146. The second-order valence-corrected chi connectivity index (χ2v) is 10.2. The Balaban J connectivity index is 1.66. The molecule has 0 radical (unpaired) electrons. The van der Waals surface area contributed by atoms with E-state index in [1.54, 1.807) is 62.0 Å². The van der Waals surface area contributed by atoms with Gasteiger partial charge in [0.2, 0.25) is 5.91 Å². The number of imidazole rings is 1. The number of likely N-dealkylation sites (N-methyl/N-ethyl adjacent to an activating group) is 1. The molecule has 2 atom stereocenters. The molecule has 3 aromatic rings. The van der Waals surface area contributed by atoms with Crippen molar-refractivity contribution in [2.24, 2.45) is 12.8 Å². The lowest BCUT2D eigenvalue weighted by Gasteiger charge is -2.35. The van der Waals surface area contributed by atoms with Gasteiger partial charge in [-0.1, -0.05) is 24.6 Å². The minimum atomic E-state index is -4.39. The molecule has 4 rings (SSSR count). The number of benzene rings is 2. The maximum absolute atomic E-state index is 13.5. The van der Waals surface area contributed by atoms with Crippen LogP contribution < -0.4 is 10.5 Å². The highest BCUT2D eigenvalue weighted by Crippen LogP contribution is 2.42. The van der Waals surface area contributed by atoms with Gasteiger partial charge in [0, 0.05) is 51.4 Å². The van der Waals surface area contributed by atoms with Crippen molar-refractivity contribution < 1.29 is 22.7 Å². The Morgan fingerprint density at radius 2 is 2.00 bits per heavy atom. The number of likely N-dealkylation sites (tertiary alicyclic amines) is 1. The van der Waals surface area contributed by atoms with E-state index in [1.807, 2.05) is 11.6 Å². The van der Waals surface area contributed by atoms with E-state index in [0.717, 1.165) is 17.7 Å². The number of nitrogens with two attached hydrogens (primary N) is 1. The van der Waals surface area contributed by atoms with Gasteiger partial charge < -0.3 is 19.9 Å². The second kappa shape index (κ2) is 11.5. The van der Waals surface area contributed by atoms with Crippen LogP contribution in [0.5, 0.6) is 11.5 Å².